The maximum Gasteiger partial charge on any atom is 0.178 e. The summed E-state index contributed by atoms with van der Waals surface area (Å²) in [5.41, 5.74) is 3.13. The molecule has 2 aliphatic rings. The molecule has 0 aliphatic carbocycles. The Balaban J connectivity index is 1.32. The van der Waals surface area contributed by atoms with E-state index in [-0.39, 0.29) is 12.1 Å². The van der Waals surface area contributed by atoms with Gasteiger partial charge in [-0.1, -0.05) is 5.16 Å². The molecular weight excluding hydrogens is 371 g/mol. The minimum atomic E-state index is -0.305. The van der Waals surface area contributed by atoms with Crippen molar-refractivity contribution in [2.75, 3.05) is 20.1 Å². The maximum absolute atomic E-state index is 13.4. The summed E-state index contributed by atoms with van der Waals surface area (Å²) in [5, 5.41) is 5.15. The molecule has 5 rings (SSSR count). The number of allylic oxidation sites excluding steroid dienone is 1. The fourth-order valence-electron chi connectivity index (χ4n) is 4.09. The number of likely N-dealkylation sites (tertiary alicyclic amines) is 1. The molecule has 3 aromatic rings. The second-order valence-electron chi connectivity index (χ2n) is 7.46. The number of rotatable bonds is 3. The van der Waals surface area contributed by atoms with E-state index in [0.29, 0.717) is 11.5 Å². The first kappa shape index (κ1) is 17.9. The molecule has 1 aromatic carbocycles. The third-order valence-corrected chi connectivity index (χ3v) is 5.64. The molecule has 0 radical (unpaired) electrons. The van der Waals surface area contributed by atoms with Gasteiger partial charge in [-0.25, -0.2) is 19.4 Å². The molecule has 4 heterocycles. The standard InChI is InChI=1S/C21H21FN6O/c1-27-9-7-18(17-4-8-23-13-24-17)25-21(27)28-10-5-14(6-11-28)20-16-3-2-15(22)12-19(16)29-26-20/h2-4,7-9,12-14,21H,5-6,10-11H2,1H3. The van der Waals surface area contributed by atoms with Gasteiger partial charge in [0.25, 0.3) is 0 Å². The van der Waals surface area contributed by atoms with Gasteiger partial charge in [-0.3, -0.25) is 4.90 Å². The van der Waals surface area contributed by atoms with Crippen LogP contribution in [-0.2, 0) is 0 Å². The van der Waals surface area contributed by atoms with Crippen molar-refractivity contribution in [1.29, 1.82) is 0 Å². The van der Waals surface area contributed by atoms with E-state index in [1.165, 1.54) is 12.1 Å². The zero-order valence-corrected chi connectivity index (χ0v) is 16.1. The molecule has 2 aromatic heterocycles. The van der Waals surface area contributed by atoms with E-state index in [9.17, 15) is 4.39 Å². The van der Waals surface area contributed by atoms with Gasteiger partial charge in [-0.15, -0.1) is 0 Å². The lowest BCUT2D eigenvalue weighted by atomic mass is 9.91. The number of halogens is 1. The molecule has 1 saturated heterocycles. The quantitative estimate of drug-likeness (QED) is 0.682. The lowest BCUT2D eigenvalue weighted by Crippen LogP contribution is -2.48. The number of benzene rings is 1. The van der Waals surface area contributed by atoms with Gasteiger partial charge >= 0.3 is 0 Å². The molecule has 0 spiro atoms. The van der Waals surface area contributed by atoms with Crippen molar-refractivity contribution in [1.82, 2.24) is 24.9 Å². The summed E-state index contributed by atoms with van der Waals surface area (Å²) in [6.07, 6.45) is 9.13. The number of aliphatic imine (C=N–C) groups is 1. The van der Waals surface area contributed by atoms with Gasteiger partial charge in [0.15, 0.2) is 11.9 Å². The largest absolute Gasteiger partial charge is 0.356 e. The smallest absolute Gasteiger partial charge is 0.178 e. The van der Waals surface area contributed by atoms with E-state index in [1.807, 2.05) is 25.4 Å². The molecule has 0 amide bonds. The van der Waals surface area contributed by atoms with Crippen LogP contribution in [0.3, 0.4) is 0 Å². The van der Waals surface area contributed by atoms with Crippen LogP contribution in [0, 0.1) is 5.82 Å². The van der Waals surface area contributed by atoms with Crippen molar-refractivity contribution >= 4 is 16.7 Å². The van der Waals surface area contributed by atoms with Gasteiger partial charge in [0.2, 0.25) is 0 Å². The highest BCUT2D eigenvalue weighted by Crippen LogP contribution is 2.34. The molecule has 0 N–H and O–H groups in total. The average molecular weight is 392 g/mol. The van der Waals surface area contributed by atoms with E-state index >= 15 is 0 Å². The fourth-order valence-corrected chi connectivity index (χ4v) is 4.09. The monoisotopic (exact) mass is 392 g/mol. The fraction of sp³-hybridized carbons (Fsp3) is 0.333. The van der Waals surface area contributed by atoms with Gasteiger partial charge in [0.1, 0.15) is 12.1 Å². The Morgan fingerprint density at radius 3 is 2.83 bits per heavy atom. The number of aromatic nitrogens is 3. The van der Waals surface area contributed by atoms with E-state index in [4.69, 9.17) is 9.52 Å². The predicted octanol–water partition coefficient (Wildman–Crippen LogP) is 3.17. The maximum atomic E-state index is 13.4. The topological polar surface area (TPSA) is 70.7 Å². The zero-order chi connectivity index (χ0) is 19.8. The van der Waals surface area contributed by atoms with Crippen LogP contribution < -0.4 is 0 Å². The first-order chi connectivity index (χ1) is 14.2. The highest BCUT2D eigenvalue weighted by atomic mass is 19.1. The SMILES string of the molecule is CN1C=CC(c2ccncn2)=NC1N1CCC(c2noc3cc(F)ccc23)CC1. The Labute approximate surface area is 167 Å². The molecular formula is C21H21FN6O. The van der Waals surface area contributed by atoms with Crippen molar-refractivity contribution in [3.8, 4) is 0 Å². The molecule has 7 nitrogen and oxygen atoms in total. The molecule has 1 atom stereocenters. The minimum Gasteiger partial charge on any atom is -0.356 e. The van der Waals surface area contributed by atoms with Crippen molar-refractivity contribution in [3.05, 3.63) is 66.3 Å². The number of piperidine rings is 1. The summed E-state index contributed by atoms with van der Waals surface area (Å²) in [6.45, 7) is 1.78. The minimum absolute atomic E-state index is 0.0611. The lowest BCUT2D eigenvalue weighted by Gasteiger charge is -2.40. The van der Waals surface area contributed by atoms with Crippen LogP contribution in [0.25, 0.3) is 11.0 Å². The average Bonchev–Trinajstić information content (AvgIpc) is 3.18. The molecule has 1 unspecified atom stereocenters. The Morgan fingerprint density at radius 1 is 1.17 bits per heavy atom. The molecule has 2 aliphatic heterocycles. The van der Waals surface area contributed by atoms with Crippen LogP contribution in [0.15, 0.2) is 58.6 Å². The highest BCUT2D eigenvalue weighted by molar-refractivity contribution is 6.07. The molecule has 1 fully saturated rings. The van der Waals surface area contributed by atoms with Gasteiger partial charge < -0.3 is 9.42 Å². The van der Waals surface area contributed by atoms with E-state index in [2.05, 4.69) is 24.9 Å². The van der Waals surface area contributed by atoms with E-state index in [0.717, 1.165) is 48.4 Å². The second-order valence-corrected chi connectivity index (χ2v) is 7.46. The number of fused-ring (bicyclic) bond motifs is 1. The number of hydrogen-bond acceptors (Lipinski definition) is 7. The summed E-state index contributed by atoms with van der Waals surface area (Å²) in [7, 11) is 2.03. The molecule has 8 heteroatoms. The summed E-state index contributed by atoms with van der Waals surface area (Å²) in [6, 6.07) is 6.50. The van der Waals surface area contributed by atoms with Crippen LogP contribution in [0.5, 0.6) is 0 Å². The Morgan fingerprint density at radius 2 is 2.03 bits per heavy atom. The van der Waals surface area contributed by atoms with Crippen LogP contribution in [0.4, 0.5) is 4.39 Å². The van der Waals surface area contributed by atoms with Crippen molar-refractivity contribution in [3.63, 3.8) is 0 Å². The third-order valence-electron chi connectivity index (χ3n) is 5.64. The normalized spacial score (nSPS) is 21.0. The second kappa shape index (κ2) is 7.36. The number of nitrogens with zero attached hydrogens (tertiary/aromatic N) is 6. The van der Waals surface area contributed by atoms with Crippen LogP contribution in [0.2, 0.25) is 0 Å². The summed E-state index contributed by atoms with van der Waals surface area (Å²) < 4.78 is 18.8. The van der Waals surface area contributed by atoms with Crippen molar-refractivity contribution in [2.45, 2.75) is 25.0 Å². The van der Waals surface area contributed by atoms with Gasteiger partial charge in [0.05, 0.1) is 17.1 Å². The Hall–Kier alpha value is -3.13. The zero-order valence-electron chi connectivity index (χ0n) is 16.1. The third kappa shape index (κ3) is 3.40. The first-order valence-electron chi connectivity index (χ1n) is 9.72. The molecule has 148 valence electrons. The molecule has 0 bridgehead atoms. The van der Waals surface area contributed by atoms with Crippen molar-refractivity contribution < 1.29 is 8.91 Å². The van der Waals surface area contributed by atoms with Gasteiger partial charge in [-0.2, -0.15) is 0 Å². The van der Waals surface area contributed by atoms with E-state index in [1.54, 1.807) is 18.6 Å². The van der Waals surface area contributed by atoms with Crippen LogP contribution in [-0.4, -0.2) is 57.1 Å². The van der Waals surface area contributed by atoms with Crippen LogP contribution in [0.1, 0.15) is 30.1 Å². The molecule has 29 heavy (non-hydrogen) atoms. The number of hydrogen-bond donors (Lipinski definition) is 0. The highest BCUT2D eigenvalue weighted by Gasteiger charge is 2.31. The molecule has 0 saturated carbocycles. The summed E-state index contributed by atoms with van der Waals surface area (Å²) in [4.78, 5) is 17.7. The lowest BCUT2D eigenvalue weighted by molar-refractivity contribution is 0.0724. The first-order valence-corrected chi connectivity index (χ1v) is 9.72. The van der Waals surface area contributed by atoms with E-state index < -0.39 is 0 Å². The van der Waals surface area contributed by atoms with Crippen LogP contribution >= 0.6 is 0 Å². The van der Waals surface area contributed by atoms with Gasteiger partial charge in [-0.05, 0) is 37.1 Å². The van der Waals surface area contributed by atoms with Crippen molar-refractivity contribution in [2.24, 2.45) is 4.99 Å². The Bertz CT molecular complexity index is 1070. The van der Waals surface area contributed by atoms with Gasteiger partial charge in [0, 0.05) is 49.9 Å². The summed E-state index contributed by atoms with van der Waals surface area (Å²) >= 11 is 0. The Kier molecular flexibility index (Phi) is 4.55. The predicted molar refractivity (Wildman–Crippen MR) is 107 cm³/mol. The summed E-state index contributed by atoms with van der Waals surface area (Å²) in [5.74, 6) is -0.00604.